The van der Waals surface area contributed by atoms with Crippen molar-refractivity contribution in [2.45, 2.75) is 31.1 Å². The van der Waals surface area contributed by atoms with Gasteiger partial charge in [-0.15, -0.1) is 0 Å². The topological polar surface area (TPSA) is 71.1 Å². The van der Waals surface area contributed by atoms with Crippen molar-refractivity contribution in [1.29, 1.82) is 0 Å². The van der Waals surface area contributed by atoms with Crippen molar-refractivity contribution >= 4 is 10.0 Å². The lowest BCUT2D eigenvalue weighted by atomic mass is 10.1. The van der Waals surface area contributed by atoms with Gasteiger partial charge in [0.05, 0.1) is 5.69 Å². The van der Waals surface area contributed by atoms with Crippen LogP contribution in [0.2, 0.25) is 0 Å². The van der Waals surface area contributed by atoms with Crippen LogP contribution in [0, 0.1) is 0 Å². The van der Waals surface area contributed by atoms with E-state index in [4.69, 9.17) is 0 Å². The Morgan fingerprint density at radius 3 is 2.94 bits per heavy atom. The molecular weight excluding hydrogens is 250 g/mol. The molecule has 1 aromatic rings. The Hall–Kier alpha value is -0.980. The molecule has 0 bridgehead atoms. The van der Waals surface area contributed by atoms with Crippen molar-refractivity contribution in [3.63, 3.8) is 0 Å². The van der Waals surface area contributed by atoms with Gasteiger partial charge in [0.2, 0.25) is 10.0 Å². The third-order valence-electron chi connectivity index (χ3n) is 3.03. The van der Waals surface area contributed by atoms with E-state index in [1.165, 1.54) is 12.8 Å². The van der Waals surface area contributed by atoms with Crippen LogP contribution in [0.15, 0.2) is 24.4 Å². The fourth-order valence-corrected chi connectivity index (χ4v) is 3.17. The van der Waals surface area contributed by atoms with Gasteiger partial charge in [-0.2, -0.15) is 0 Å². The van der Waals surface area contributed by atoms with Gasteiger partial charge in [-0.1, -0.05) is 12.5 Å². The van der Waals surface area contributed by atoms with Crippen molar-refractivity contribution in [2.75, 3.05) is 13.1 Å². The molecule has 0 aromatic carbocycles. The number of aromatic nitrogens is 1. The Morgan fingerprint density at radius 2 is 2.28 bits per heavy atom. The second kappa shape index (κ2) is 6.26. The fraction of sp³-hybridized carbons (Fsp3) is 0.583. The molecule has 6 heteroatoms. The van der Waals surface area contributed by atoms with Crippen molar-refractivity contribution < 1.29 is 8.42 Å². The molecule has 1 fully saturated rings. The van der Waals surface area contributed by atoms with Crippen molar-refractivity contribution in [1.82, 2.24) is 15.0 Å². The smallest absolute Gasteiger partial charge is 0.217 e. The van der Waals surface area contributed by atoms with E-state index in [0.717, 1.165) is 13.0 Å². The van der Waals surface area contributed by atoms with E-state index in [9.17, 15) is 8.42 Å². The van der Waals surface area contributed by atoms with E-state index in [-0.39, 0.29) is 11.8 Å². The summed E-state index contributed by atoms with van der Waals surface area (Å²) in [6, 6.07) is 5.55. The first-order chi connectivity index (χ1) is 8.66. The summed E-state index contributed by atoms with van der Waals surface area (Å²) in [5, 5.41) is 3.31. The average molecular weight is 269 g/mol. The minimum atomic E-state index is -3.29. The normalized spacial score (nSPS) is 20.8. The molecule has 2 N–H and O–H groups in total. The molecule has 1 aliphatic rings. The van der Waals surface area contributed by atoms with Gasteiger partial charge < -0.3 is 5.32 Å². The summed E-state index contributed by atoms with van der Waals surface area (Å²) in [7, 11) is -3.29. The summed E-state index contributed by atoms with van der Waals surface area (Å²) in [5.41, 5.74) is 0.571. The lowest BCUT2D eigenvalue weighted by molar-refractivity contribution is 0.398. The van der Waals surface area contributed by atoms with Crippen LogP contribution >= 0.6 is 0 Å². The van der Waals surface area contributed by atoms with Gasteiger partial charge in [0, 0.05) is 18.8 Å². The maximum Gasteiger partial charge on any atom is 0.217 e. The van der Waals surface area contributed by atoms with E-state index in [0.29, 0.717) is 12.2 Å². The largest absolute Gasteiger partial charge is 0.313 e. The van der Waals surface area contributed by atoms with Crippen LogP contribution in [-0.2, 0) is 15.8 Å². The van der Waals surface area contributed by atoms with Crippen LogP contribution < -0.4 is 10.0 Å². The van der Waals surface area contributed by atoms with Gasteiger partial charge >= 0.3 is 0 Å². The minimum absolute atomic E-state index is 0.0550. The summed E-state index contributed by atoms with van der Waals surface area (Å²) < 4.78 is 26.4. The molecule has 0 saturated carbocycles. The third-order valence-corrected chi connectivity index (χ3v) is 4.31. The molecule has 1 aliphatic heterocycles. The van der Waals surface area contributed by atoms with E-state index < -0.39 is 10.0 Å². The number of hydrogen-bond acceptors (Lipinski definition) is 4. The second-order valence-electron chi connectivity index (χ2n) is 4.58. The molecule has 0 amide bonds. The van der Waals surface area contributed by atoms with Crippen molar-refractivity contribution in [3.8, 4) is 0 Å². The molecule has 0 radical (unpaired) electrons. The lowest BCUT2D eigenvalue weighted by Crippen LogP contribution is -2.43. The Balaban J connectivity index is 1.83. The first-order valence-electron chi connectivity index (χ1n) is 6.26. The summed E-state index contributed by atoms with van der Waals surface area (Å²) in [6.45, 7) is 1.45. The van der Waals surface area contributed by atoms with Gasteiger partial charge in [0.25, 0.3) is 0 Å². The van der Waals surface area contributed by atoms with Gasteiger partial charge in [-0.3, -0.25) is 4.98 Å². The number of nitrogens with one attached hydrogen (secondary N) is 2. The van der Waals surface area contributed by atoms with Gasteiger partial charge in [-0.25, -0.2) is 13.1 Å². The predicted molar refractivity (Wildman–Crippen MR) is 70.5 cm³/mol. The SMILES string of the molecule is O=S(=O)(Cc1ccccn1)NC[C@H]1CCCCN1. The van der Waals surface area contributed by atoms with E-state index in [2.05, 4.69) is 15.0 Å². The highest BCUT2D eigenvalue weighted by Crippen LogP contribution is 2.07. The standard InChI is InChI=1S/C12H19N3O2S/c16-18(17,10-12-6-2-4-8-14-12)15-9-11-5-1-3-7-13-11/h2,4,6,8,11,13,15H,1,3,5,7,9-10H2/t11-/m1/s1. The molecule has 0 unspecified atom stereocenters. The molecular formula is C12H19N3O2S. The highest BCUT2D eigenvalue weighted by Gasteiger charge is 2.17. The molecule has 18 heavy (non-hydrogen) atoms. The minimum Gasteiger partial charge on any atom is -0.313 e. The molecule has 5 nitrogen and oxygen atoms in total. The monoisotopic (exact) mass is 269 g/mol. The maximum absolute atomic E-state index is 11.9. The Bertz CT molecular complexity index is 455. The number of pyridine rings is 1. The van der Waals surface area contributed by atoms with Crippen LogP contribution in [0.5, 0.6) is 0 Å². The summed E-state index contributed by atoms with van der Waals surface area (Å²) in [6.07, 6.45) is 4.98. The molecule has 1 aromatic heterocycles. The van der Waals surface area contributed by atoms with Crippen LogP contribution in [-0.4, -0.2) is 32.5 Å². The second-order valence-corrected chi connectivity index (χ2v) is 6.38. The van der Waals surface area contributed by atoms with E-state index in [1.54, 1.807) is 24.4 Å². The molecule has 100 valence electrons. The zero-order valence-electron chi connectivity index (χ0n) is 10.3. The fourth-order valence-electron chi connectivity index (χ4n) is 2.05. The number of sulfonamides is 1. The molecule has 1 atom stereocenters. The van der Waals surface area contributed by atoms with Gasteiger partial charge in [0.1, 0.15) is 5.75 Å². The first-order valence-corrected chi connectivity index (χ1v) is 7.91. The zero-order valence-corrected chi connectivity index (χ0v) is 11.1. The van der Waals surface area contributed by atoms with E-state index >= 15 is 0 Å². The zero-order chi connectivity index (χ0) is 12.8. The first kappa shape index (κ1) is 13.5. The maximum atomic E-state index is 11.9. The molecule has 2 rings (SSSR count). The van der Waals surface area contributed by atoms with Gasteiger partial charge in [0.15, 0.2) is 0 Å². The highest BCUT2D eigenvalue weighted by molar-refractivity contribution is 7.88. The Morgan fingerprint density at radius 1 is 1.39 bits per heavy atom. The lowest BCUT2D eigenvalue weighted by Gasteiger charge is -2.23. The van der Waals surface area contributed by atoms with Crippen LogP contribution in [0.1, 0.15) is 25.0 Å². The quantitative estimate of drug-likeness (QED) is 0.823. The number of hydrogen-bond donors (Lipinski definition) is 2. The molecule has 1 saturated heterocycles. The third kappa shape index (κ3) is 4.36. The molecule has 0 aliphatic carbocycles. The Labute approximate surface area is 108 Å². The molecule has 0 spiro atoms. The number of nitrogens with zero attached hydrogens (tertiary/aromatic N) is 1. The summed E-state index contributed by atoms with van der Waals surface area (Å²) in [5.74, 6) is -0.0550. The highest BCUT2D eigenvalue weighted by atomic mass is 32.2. The van der Waals surface area contributed by atoms with Gasteiger partial charge in [-0.05, 0) is 31.5 Å². The van der Waals surface area contributed by atoms with Crippen molar-refractivity contribution in [2.24, 2.45) is 0 Å². The van der Waals surface area contributed by atoms with Crippen LogP contribution in [0.4, 0.5) is 0 Å². The van der Waals surface area contributed by atoms with Crippen LogP contribution in [0.3, 0.4) is 0 Å². The predicted octanol–water partition coefficient (Wildman–Crippen LogP) is 0.643. The molecule has 2 heterocycles. The van der Waals surface area contributed by atoms with Crippen molar-refractivity contribution in [3.05, 3.63) is 30.1 Å². The summed E-state index contributed by atoms with van der Waals surface area (Å²) in [4.78, 5) is 4.02. The Kier molecular flexibility index (Phi) is 4.68. The number of piperidine rings is 1. The number of rotatable bonds is 5. The summed E-state index contributed by atoms with van der Waals surface area (Å²) >= 11 is 0. The van der Waals surface area contributed by atoms with Crippen LogP contribution in [0.25, 0.3) is 0 Å². The average Bonchev–Trinajstić information content (AvgIpc) is 2.38. The van der Waals surface area contributed by atoms with E-state index in [1.807, 2.05) is 0 Å².